The van der Waals surface area contributed by atoms with E-state index >= 15 is 0 Å². The summed E-state index contributed by atoms with van der Waals surface area (Å²) in [5.74, 6) is -6.55. The first-order chi connectivity index (χ1) is 11.2. The molecule has 0 amide bonds. The van der Waals surface area contributed by atoms with E-state index in [0.29, 0.717) is 0 Å². The molecule has 0 N–H and O–H groups in total. The second kappa shape index (κ2) is 6.86. The van der Waals surface area contributed by atoms with Gasteiger partial charge in [0.2, 0.25) is 0 Å². The number of hydrogen-bond acceptors (Lipinski definition) is 3. The monoisotopic (exact) mass is 346 g/mol. The summed E-state index contributed by atoms with van der Waals surface area (Å²) in [6, 6.07) is 6.12. The van der Waals surface area contributed by atoms with Gasteiger partial charge in [-0.1, -0.05) is 12.1 Å². The lowest BCUT2D eigenvalue weighted by atomic mass is 10.1. The van der Waals surface area contributed by atoms with E-state index in [4.69, 9.17) is 0 Å². The second-order valence-corrected chi connectivity index (χ2v) is 4.62. The Morgan fingerprint density at radius 1 is 1.00 bits per heavy atom. The molecule has 2 rings (SSSR count). The first-order valence-corrected chi connectivity index (χ1v) is 6.73. The van der Waals surface area contributed by atoms with Crippen LogP contribution < -0.4 is 4.74 Å². The van der Waals surface area contributed by atoms with Crippen LogP contribution in [0.3, 0.4) is 0 Å². The van der Waals surface area contributed by atoms with Gasteiger partial charge in [-0.3, -0.25) is 0 Å². The summed E-state index contributed by atoms with van der Waals surface area (Å²) in [6.45, 7) is 1.13. The lowest BCUT2D eigenvalue weighted by Crippen LogP contribution is -2.36. The largest absolute Gasteiger partial charge is 0.502 e. The summed E-state index contributed by atoms with van der Waals surface area (Å²) in [4.78, 5) is 11.0. The van der Waals surface area contributed by atoms with E-state index in [0.717, 1.165) is 24.3 Å². The average molecular weight is 346 g/mol. The summed E-state index contributed by atoms with van der Waals surface area (Å²) >= 11 is 0. The number of benzene rings is 2. The van der Waals surface area contributed by atoms with Crippen LogP contribution in [0.25, 0.3) is 11.1 Å². The van der Waals surface area contributed by atoms with Gasteiger partial charge in [-0.05, 0) is 42.3 Å². The van der Waals surface area contributed by atoms with Gasteiger partial charge in [0.1, 0.15) is 5.75 Å². The molecular weight excluding hydrogens is 335 g/mol. The highest BCUT2D eigenvalue weighted by Crippen LogP contribution is 2.28. The maximum absolute atomic E-state index is 13.4. The smallest absolute Gasteiger partial charge is 0.459 e. The Balaban J connectivity index is 2.21. The molecule has 2 aromatic rings. The van der Waals surface area contributed by atoms with Gasteiger partial charge in [-0.2, -0.15) is 8.78 Å². The minimum atomic E-state index is -4.17. The van der Waals surface area contributed by atoms with E-state index in [1.54, 1.807) is 0 Å². The third kappa shape index (κ3) is 3.81. The number of carbonyl (C=O) groups is 1. The van der Waals surface area contributed by atoms with Crippen molar-refractivity contribution >= 4 is 5.97 Å². The predicted octanol–water partition coefficient (Wildman–Crippen LogP) is 4.31. The first kappa shape index (κ1) is 17.7. The molecule has 0 spiro atoms. The molecule has 24 heavy (non-hydrogen) atoms. The molecule has 0 saturated carbocycles. The number of hydrogen-bond donors (Lipinski definition) is 0. The molecule has 0 aliphatic rings. The highest BCUT2D eigenvalue weighted by Gasteiger charge is 2.44. The van der Waals surface area contributed by atoms with Gasteiger partial charge in [0.15, 0.2) is 17.5 Å². The van der Waals surface area contributed by atoms with E-state index < -0.39 is 29.5 Å². The van der Waals surface area contributed by atoms with E-state index in [1.807, 2.05) is 0 Å². The fourth-order valence-corrected chi connectivity index (χ4v) is 1.84. The standard InChI is InChI=1S/C16H11F5O3/c1-2-23-15(22)16(20,21)24-11-5-3-9(4-6-11)10-7-12(17)14(19)13(18)8-10/h3-8H,2H2,1H3. The summed E-state index contributed by atoms with van der Waals surface area (Å²) in [6.07, 6.45) is -4.17. The normalized spacial score (nSPS) is 11.2. The maximum Gasteiger partial charge on any atom is 0.502 e. The minimum Gasteiger partial charge on any atom is -0.459 e. The molecule has 3 nitrogen and oxygen atoms in total. The zero-order valence-corrected chi connectivity index (χ0v) is 12.3. The molecule has 0 heterocycles. The van der Waals surface area contributed by atoms with Crippen molar-refractivity contribution in [2.45, 2.75) is 13.0 Å². The van der Waals surface area contributed by atoms with Crippen molar-refractivity contribution in [1.29, 1.82) is 0 Å². The number of alkyl halides is 2. The molecule has 8 heteroatoms. The number of ether oxygens (including phenoxy) is 2. The number of carbonyl (C=O) groups excluding carboxylic acids is 1. The Morgan fingerprint density at radius 3 is 2.04 bits per heavy atom. The zero-order chi connectivity index (χ0) is 17.9. The summed E-state index contributed by atoms with van der Waals surface area (Å²) in [5.41, 5.74) is 0.245. The van der Waals surface area contributed by atoms with Crippen LogP contribution in [0.2, 0.25) is 0 Å². The Labute approximate surface area is 133 Å². The number of halogens is 5. The number of esters is 1. The van der Waals surface area contributed by atoms with Gasteiger partial charge >= 0.3 is 12.1 Å². The van der Waals surface area contributed by atoms with Gasteiger partial charge < -0.3 is 9.47 Å². The fraction of sp³-hybridized carbons (Fsp3) is 0.188. The third-order valence-electron chi connectivity index (χ3n) is 2.93. The van der Waals surface area contributed by atoms with Crippen LogP contribution in [0, 0.1) is 17.5 Å². The molecule has 0 aliphatic heterocycles. The van der Waals surface area contributed by atoms with Crippen molar-refractivity contribution in [3.8, 4) is 16.9 Å². The molecule has 0 unspecified atom stereocenters. The second-order valence-electron chi connectivity index (χ2n) is 4.62. The number of rotatable bonds is 5. The Kier molecular flexibility index (Phi) is 5.06. The Morgan fingerprint density at radius 2 is 1.54 bits per heavy atom. The SMILES string of the molecule is CCOC(=O)C(F)(F)Oc1ccc(-c2cc(F)c(F)c(F)c2)cc1. The lowest BCUT2D eigenvalue weighted by molar-refractivity contribution is -0.216. The van der Waals surface area contributed by atoms with Gasteiger partial charge in [0.05, 0.1) is 6.61 Å². The lowest BCUT2D eigenvalue weighted by Gasteiger charge is -2.16. The van der Waals surface area contributed by atoms with E-state index in [-0.39, 0.29) is 23.5 Å². The van der Waals surface area contributed by atoms with Crippen molar-refractivity contribution < 1.29 is 36.2 Å². The molecule has 0 bridgehead atoms. The third-order valence-corrected chi connectivity index (χ3v) is 2.93. The Hall–Kier alpha value is -2.64. The van der Waals surface area contributed by atoms with Crippen molar-refractivity contribution in [1.82, 2.24) is 0 Å². The highest BCUT2D eigenvalue weighted by molar-refractivity contribution is 5.76. The van der Waals surface area contributed by atoms with Gasteiger partial charge in [-0.15, -0.1) is 0 Å². The first-order valence-electron chi connectivity index (χ1n) is 6.73. The van der Waals surface area contributed by atoms with Crippen molar-refractivity contribution in [2.75, 3.05) is 6.61 Å². The van der Waals surface area contributed by atoms with Crippen LogP contribution in [-0.2, 0) is 9.53 Å². The molecule has 0 fully saturated rings. The summed E-state index contributed by atoms with van der Waals surface area (Å²) in [5, 5.41) is 0. The molecule has 0 atom stereocenters. The van der Waals surface area contributed by atoms with E-state index in [9.17, 15) is 26.7 Å². The van der Waals surface area contributed by atoms with Crippen LogP contribution in [0.15, 0.2) is 36.4 Å². The topological polar surface area (TPSA) is 35.5 Å². The van der Waals surface area contributed by atoms with Crippen LogP contribution in [-0.4, -0.2) is 18.7 Å². The van der Waals surface area contributed by atoms with Gasteiger partial charge in [0, 0.05) is 0 Å². The van der Waals surface area contributed by atoms with E-state index in [1.165, 1.54) is 19.1 Å². The molecule has 0 aromatic heterocycles. The van der Waals surface area contributed by atoms with Gasteiger partial charge in [-0.25, -0.2) is 18.0 Å². The maximum atomic E-state index is 13.4. The molecule has 2 aromatic carbocycles. The van der Waals surface area contributed by atoms with Crippen LogP contribution in [0.4, 0.5) is 22.0 Å². The molecule has 0 aliphatic carbocycles. The van der Waals surface area contributed by atoms with Crippen LogP contribution in [0.1, 0.15) is 6.92 Å². The summed E-state index contributed by atoms with van der Waals surface area (Å²) < 4.78 is 74.6. The van der Waals surface area contributed by atoms with Crippen molar-refractivity contribution in [3.63, 3.8) is 0 Å². The highest BCUT2D eigenvalue weighted by atomic mass is 19.3. The van der Waals surface area contributed by atoms with Crippen LogP contribution >= 0.6 is 0 Å². The zero-order valence-electron chi connectivity index (χ0n) is 12.3. The van der Waals surface area contributed by atoms with Crippen molar-refractivity contribution in [2.24, 2.45) is 0 Å². The van der Waals surface area contributed by atoms with Gasteiger partial charge in [0.25, 0.3) is 0 Å². The average Bonchev–Trinajstić information content (AvgIpc) is 2.52. The molecule has 128 valence electrons. The molecule has 0 radical (unpaired) electrons. The van der Waals surface area contributed by atoms with Crippen LogP contribution in [0.5, 0.6) is 5.75 Å². The Bertz CT molecular complexity index is 721. The quantitative estimate of drug-likeness (QED) is 0.460. The minimum absolute atomic E-state index is 0.00935. The predicted molar refractivity (Wildman–Crippen MR) is 74.0 cm³/mol. The molecule has 0 saturated heterocycles. The van der Waals surface area contributed by atoms with Crippen molar-refractivity contribution in [3.05, 3.63) is 53.8 Å². The summed E-state index contributed by atoms with van der Waals surface area (Å²) in [7, 11) is 0. The fourth-order valence-electron chi connectivity index (χ4n) is 1.84. The van der Waals surface area contributed by atoms with E-state index in [2.05, 4.69) is 9.47 Å². The molecular formula is C16H11F5O3.